The lowest BCUT2D eigenvalue weighted by Crippen LogP contribution is -2.14. The number of allylic oxidation sites excluding steroid dienone is 1. The number of alkyl halides is 3. The van der Waals surface area contributed by atoms with Gasteiger partial charge in [0, 0.05) is 6.21 Å². The lowest BCUT2D eigenvalue weighted by Gasteiger charge is -2.05. The Hall–Kier alpha value is -0.600. The second-order valence-electron chi connectivity index (χ2n) is 1.67. The van der Waals surface area contributed by atoms with Crippen LogP contribution >= 0.6 is 22.6 Å². The molecule has 68 valence electrons. The SMILES string of the molecule is N=C/C(C(=O)O)=C(\I)C(F)(F)F. The van der Waals surface area contributed by atoms with Crippen LogP contribution in [0.2, 0.25) is 0 Å². The minimum Gasteiger partial charge on any atom is -0.478 e. The van der Waals surface area contributed by atoms with E-state index in [1.54, 1.807) is 0 Å². The lowest BCUT2D eigenvalue weighted by atomic mass is 10.3. The molecule has 12 heavy (non-hydrogen) atoms. The van der Waals surface area contributed by atoms with Crippen LogP contribution in [0.5, 0.6) is 0 Å². The molecule has 0 aliphatic carbocycles. The molecule has 0 aliphatic heterocycles. The summed E-state index contributed by atoms with van der Waals surface area (Å²) >= 11 is 0.848. The van der Waals surface area contributed by atoms with Gasteiger partial charge in [0.05, 0.1) is 5.57 Å². The van der Waals surface area contributed by atoms with Crippen molar-refractivity contribution >= 4 is 34.8 Å². The second kappa shape index (κ2) is 3.87. The minimum atomic E-state index is -4.70. The van der Waals surface area contributed by atoms with E-state index in [1.165, 1.54) is 0 Å². The predicted molar refractivity (Wildman–Crippen MR) is 43.5 cm³/mol. The van der Waals surface area contributed by atoms with Crippen LogP contribution in [-0.2, 0) is 4.79 Å². The number of halogens is 4. The van der Waals surface area contributed by atoms with Crippen LogP contribution in [0.3, 0.4) is 0 Å². The molecule has 0 saturated carbocycles. The third-order valence-corrected chi connectivity index (χ3v) is 2.05. The fourth-order valence-electron chi connectivity index (χ4n) is 0.372. The molecule has 0 aliphatic rings. The van der Waals surface area contributed by atoms with Gasteiger partial charge in [-0.15, -0.1) is 0 Å². The molecule has 0 heterocycles. The van der Waals surface area contributed by atoms with Gasteiger partial charge in [0.1, 0.15) is 3.58 Å². The molecule has 0 radical (unpaired) electrons. The van der Waals surface area contributed by atoms with Gasteiger partial charge < -0.3 is 10.5 Å². The average Bonchev–Trinajstić information content (AvgIpc) is 1.86. The number of carboxylic acids is 1. The molecule has 0 unspecified atom stereocenters. The smallest absolute Gasteiger partial charge is 0.422 e. The Morgan fingerprint density at radius 2 is 1.92 bits per heavy atom. The molecule has 7 heteroatoms. The van der Waals surface area contributed by atoms with Gasteiger partial charge in [0.25, 0.3) is 0 Å². The number of aliphatic carboxylic acids is 1. The topological polar surface area (TPSA) is 61.2 Å². The molecule has 0 fully saturated rings. The summed E-state index contributed by atoms with van der Waals surface area (Å²) in [5, 5.41) is 14.6. The largest absolute Gasteiger partial charge is 0.478 e. The molecule has 0 aromatic rings. The Balaban J connectivity index is 5.12. The van der Waals surface area contributed by atoms with Crippen molar-refractivity contribution in [3.05, 3.63) is 9.15 Å². The van der Waals surface area contributed by atoms with Crippen molar-refractivity contribution in [1.82, 2.24) is 0 Å². The van der Waals surface area contributed by atoms with Crippen LogP contribution < -0.4 is 0 Å². The standard InChI is InChI=1S/C5H3F3INO2/c6-5(7,8)3(9)2(1-10)4(11)12/h1,10H,(H,11,12)/b3-2+,10-1?. The summed E-state index contributed by atoms with van der Waals surface area (Å²) in [6.45, 7) is 0. The van der Waals surface area contributed by atoms with Crippen LogP contribution in [0.1, 0.15) is 0 Å². The van der Waals surface area contributed by atoms with E-state index in [-0.39, 0.29) is 6.21 Å². The Morgan fingerprint density at radius 3 is 2.00 bits per heavy atom. The van der Waals surface area contributed by atoms with E-state index in [9.17, 15) is 18.0 Å². The van der Waals surface area contributed by atoms with Crippen LogP contribution in [0, 0.1) is 5.41 Å². The highest BCUT2D eigenvalue weighted by atomic mass is 127. The quantitative estimate of drug-likeness (QED) is 0.464. The normalized spacial score (nSPS) is 13.7. The highest BCUT2D eigenvalue weighted by Gasteiger charge is 2.35. The zero-order chi connectivity index (χ0) is 9.94. The number of rotatable bonds is 2. The number of carboxylic acid groups (broad SMARTS) is 1. The Bertz CT molecular complexity index is 246. The second-order valence-corrected chi connectivity index (χ2v) is 2.75. The van der Waals surface area contributed by atoms with Crippen LogP contribution in [0.15, 0.2) is 9.15 Å². The van der Waals surface area contributed by atoms with Crippen molar-refractivity contribution in [2.24, 2.45) is 0 Å². The highest BCUT2D eigenvalue weighted by Crippen LogP contribution is 2.32. The Morgan fingerprint density at radius 1 is 1.50 bits per heavy atom. The van der Waals surface area contributed by atoms with Gasteiger partial charge in [-0.05, 0) is 22.6 Å². The van der Waals surface area contributed by atoms with Gasteiger partial charge in [0.15, 0.2) is 0 Å². The molecule has 0 spiro atoms. The summed E-state index contributed by atoms with van der Waals surface area (Å²) in [5.74, 6) is -1.76. The molecule has 0 amide bonds. The summed E-state index contributed by atoms with van der Waals surface area (Å²) in [4.78, 5) is 10.1. The van der Waals surface area contributed by atoms with Crippen molar-refractivity contribution in [2.75, 3.05) is 0 Å². The van der Waals surface area contributed by atoms with Gasteiger partial charge >= 0.3 is 12.1 Å². The fourth-order valence-corrected chi connectivity index (χ4v) is 0.758. The Labute approximate surface area is 78.9 Å². The van der Waals surface area contributed by atoms with Gasteiger partial charge in [-0.1, -0.05) is 0 Å². The molecule has 0 atom stereocenters. The van der Waals surface area contributed by atoms with Gasteiger partial charge in [-0.2, -0.15) is 13.2 Å². The molecule has 0 aromatic heterocycles. The van der Waals surface area contributed by atoms with E-state index in [1.807, 2.05) is 0 Å². The van der Waals surface area contributed by atoms with Crippen LogP contribution in [0.25, 0.3) is 0 Å². The predicted octanol–water partition coefficient (Wildman–Crippen LogP) is 1.97. The van der Waals surface area contributed by atoms with E-state index in [0.717, 1.165) is 22.6 Å². The summed E-state index contributed by atoms with van der Waals surface area (Å²) in [5.41, 5.74) is -1.05. The van der Waals surface area contributed by atoms with E-state index in [4.69, 9.17) is 10.5 Å². The zero-order valence-corrected chi connectivity index (χ0v) is 7.60. The number of hydrogen-bond donors (Lipinski definition) is 2. The fraction of sp³-hybridized carbons (Fsp3) is 0.200. The summed E-state index contributed by atoms with van der Waals surface area (Å²) in [6.07, 6.45) is -4.54. The Kier molecular flexibility index (Phi) is 3.68. The summed E-state index contributed by atoms with van der Waals surface area (Å²) in [6, 6.07) is 0. The average molecular weight is 293 g/mol. The molecule has 2 N–H and O–H groups in total. The minimum absolute atomic E-state index is 0.164. The third-order valence-electron chi connectivity index (χ3n) is 0.860. The maximum Gasteiger partial charge on any atom is 0.422 e. The van der Waals surface area contributed by atoms with E-state index < -0.39 is 21.3 Å². The lowest BCUT2D eigenvalue weighted by molar-refractivity contribution is -0.132. The number of hydrogen-bond acceptors (Lipinski definition) is 2. The summed E-state index contributed by atoms with van der Waals surface area (Å²) < 4.78 is 34.1. The maximum absolute atomic E-state index is 11.8. The van der Waals surface area contributed by atoms with Crippen molar-refractivity contribution in [2.45, 2.75) is 6.18 Å². The molecular weight excluding hydrogens is 290 g/mol. The molecule has 0 saturated heterocycles. The van der Waals surface area contributed by atoms with E-state index >= 15 is 0 Å². The van der Waals surface area contributed by atoms with Crippen molar-refractivity contribution in [3.8, 4) is 0 Å². The first-order valence-corrected chi connectivity index (χ1v) is 3.59. The van der Waals surface area contributed by atoms with Crippen molar-refractivity contribution < 1.29 is 23.1 Å². The number of nitrogens with one attached hydrogen (secondary N) is 1. The summed E-state index contributed by atoms with van der Waals surface area (Å²) in [7, 11) is 0. The van der Waals surface area contributed by atoms with E-state index in [2.05, 4.69) is 0 Å². The molecule has 0 rings (SSSR count). The monoisotopic (exact) mass is 293 g/mol. The maximum atomic E-state index is 11.8. The zero-order valence-electron chi connectivity index (χ0n) is 5.44. The van der Waals surface area contributed by atoms with Crippen LogP contribution in [0.4, 0.5) is 13.2 Å². The van der Waals surface area contributed by atoms with Gasteiger partial charge in [-0.3, -0.25) is 0 Å². The molecule has 0 bridgehead atoms. The van der Waals surface area contributed by atoms with Gasteiger partial charge in [0.2, 0.25) is 0 Å². The van der Waals surface area contributed by atoms with Crippen molar-refractivity contribution in [1.29, 1.82) is 5.41 Å². The number of carbonyl (C=O) groups is 1. The molecule has 0 aromatic carbocycles. The first-order valence-electron chi connectivity index (χ1n) is 2.51. The van der Waals surface area contributed by atoms with Crippen molar-refractivity contribution in [3.63, 3.8) is 0 Å². The van der Waals surface area contributed by atoms with E-state index in [0.29, 0.717) is 0 Å². The molecule has 3 nitrogen and oxygen atoms in total. The van der Waals surface area contributed by atoms with Gasteiger partial charge in [-0.25, -0.2) is 4.79 Å². The highest BCUT2D eigenvalue weighted by molar-refractivity contribution is 14.1. The van der Waals surface area contributed by atoms with Crippen LogP contribution in [-0.4, -0.2) is 23.5 Å². The molecular formula is C5H3F3INO2. The first-order chi connectivity index (χ1) is 5.30. The first kappa shape index (κ1) is 11.4. The third kappa shape index (κ3) is 2.80.